The maximum absolute atomic E-state index is 12.0. The third-order valence-corrected chi connectivity index (χ3v) is 4.72. The number of carbonyl (C=O) groups excluding carboxylic acids is 1. The molecule has 1 aliphatic rings. The van der Waals surface area contributed by atoms with Crippen LogP contribution in [0, 0.1) is 0 Å². The molecule has 110 valence electrons. The van der Waals surface area contributed by atoms with Crippen LogP contribution in [0.25, 0.3) is 10.8 Å². The van der Waals surface area contributed by atoms with Crippen molar-refractivity contribution in [3.8, 4) is 0 Å². The Hall–Kier alpha value is -1.52. The molecule has 1 fully saturated rings. The number of hydrazine groups is 1. The first-order valence-corrected chi connectivity index (χ1v) is 8.46. The summed E-state index contributed by atoms with van der Waals surface area (Å²) in [5, 5.41) is 4.51. The van der Waals surface area contributed by atoms with E-state index in [4.69, 9.17) is 0 Å². The van der Waals surface area contributed by atoms with Crippen molar-refractivity contribution in [3.05, 3.63) is 42.5 Å². The topological polar surface area (TPSA) is 32.3 Å². The standard InChI is InChI=1S/C17H20N2OS/c20-17(18-19-10-4-1-5-11-19)13-21-16-9-8-14-6-2-3-7-15(14)12-16/h2-3,6-9,12H,1,4-5,10-11,13H2,(H,18,20). The van der Waals surface area contributed by atoms with E-state index in [0.717, 1.165) is 18.0 Å². The fourth-order valence-corrected chi connectivity index (χ4v) is 3.36. The van der Waals surface area contributed by atoms with Crippen molar-refractivity contribution in [2.24, 2.45) is 0 Å². The highest BCUT2D eigenvalue weighted by atomic mass is 32.2. The second-order valence-corrected chi connectivity index (χ2v) is 6.43. The predicted octanol–water partition coefficient (Wildman–Crippen LogP) is 3.45. The van der Waals surface area contributed by atoms with Gasteiger partial charge in [0.15, 0.2) is 0 Å². The van der Waals surface area contributed by atoms with E-state index in [-0.39, 0.29) is 5.91 Å². The Kier molecular flexibility index (Phi) is 4.78. The fraction of sp³-hybridized carbons (Fsp3) is 0.353. The van der Waals surface area contributed by atoms with Gasteiger partial charge in [-0.1, -0.05) is 36.8 Å². The number of hydrogen-bond donors (Lipinski definition) is 1. The lowest BCUT2D eigenvalue weighted by atomic mass is 10.1. The molecule has 1 N–H and O–H groups in total. The van der Waals surface area contributed by atoms with Crippen LogP contribution in [-0.2, 0) is 4.79 Å². The van der Waals surface area contributed by atoms with Crippen molar-refractivity contribution in [1.82, 2.24) is 10.4 Å². The van der Waals surface area contributed by atoms with E-state index in [0.29, 0.717) is 5.75 Å². The molecule has 0 spiro atoms. The normalized spacial score (nSPS) is 16.0. The van der Waals surface area contributed by atoms with Crippen molar-refractivity contribution in [2.75, 3.05) is 18.8 Å². The van der Waals surface area contributed by atoms with Gasteiger partial charge in [0, 0.05) is 18.0 Å². The average Bonchev–Trinajstić information content (AvgIpc) is 2.54. The SMILES string of the molecule is O=C(CSc1ccc2ccccc2c1)NN1CCCCC1. The number of fused-ring (bicyclic) bond motifs is 1. The molecule has 3 rings (SSSR count). The number of nitrogens with zero attached hydrogens (tertiary/aromatic N) is 1. The molecule has 0 unspecified atom stereocenters. The van der Waals surface area contributed by atoms with E-state index in [9.17, 15) is 4.79 Å². The molecule has 0 aliphatic carbocycles. The Morgan fingerprint density at radius 1 is 1.05 bits per heavy atom. The summed E-state index contributed by atoms with van der Waals surface area (Å²) in [6.45, 7) is 1.96. The van der Waals surface area contributed by atoms with Crippen molar-refractivity contribution in [2.45, 2.75) is 24.2 Å². The van der Waals surface area contributed by atoms with E-state index in [1.165, 1.54) is 30.0 Å². The van der Waals surface area contributed by atoms with Gasteiger partial charge in [0.1, 0.15) is 0 Å². The lowest BCUT2D eigenvalue weighted by Gasteiger charge is -2.26. The van der Waals surface area contributed by atoms with Gasteiger partial charge in [0.05, 0.1) is 5.75 Å². The average molecular weight is 300 g/mol. The quantitative estimate of drug-likeness (QED) is 0.878. The Labute approximate surface area is 129 Å². The van der Waals surface area contributed by atoms with Gasteiger partial charge in [-0.05, 0) is 35.7 Å². The number of carbonyl (C=O) groups is 1. The van der Waals surface area contributed by atoms with E-state index in [1.807, 2.05) is 17.1 Å². The minimum Gasteiger partial charge on any atom is -0.288 e. The van der Waals surface area contributed by atoms with Crippen molar-refractivity contribution >= 4 is 28.4 Å². The van der Waals surface area contributed by atoms with Crippen LogP contribution in [0.5, 0.6) is 0 Å². The maximum Gasteiger partial charge on any atom is 0.244 e. The van der Waals surface area contributed by atoms with E-state index >= 15 is 0 Å². The van der Waals surface area contributed by atoms with Crippen LogP contribution >= 0.6 is 11.8 Å². The summed E-state index contributed by atoms with van der Waals surface area (Å²) < 4.78 is 0. The third-order valence-electron chi connectivity index (χ3n) is 3.73. The number of amides is 1. The molecule has 0 radical (unpaired) electrons. The molecule has 0 atom stereocenters. The third kappa shape index (κ3) is 3.99. The zero-order valence-electron chi connectivity index (χ0n) is 12.0. The van der Waals surface area contributed by atoms with Crippen molar-refractivity contribution in [3.63, 3.8) is 0 Å². The first-order valence-electron chi connectivity index (χ1n) is 7.47. The van der Waals surface area contributed by atoms with Crippen LogP contribution in [-0.4, -0.2) is 29.8 Å². The summed E-state index contributed by atoms with van der Waals surface area (Å²) >= 11 is 1.59. The van der Waals surface area contributed by atoms with Gasteiger partial charge in [-0.15, -0.1) is 11.8 Å². The minimum atomic E-state index is 0.0926. The first-order chi connectivity index (χ1) is 10.3. The summed E-state index contributed by atoms with van der Waals surface area (Å²) in [6.07, 6.45) is 3.63. The van der Waals surface area contributed by atoms with Gasteiger partial charge in [-0.25, -0.2) is 5.01 Å². The Morgan fingerprint density at radius 2 is 1.81 bits per heavy atom. The number of benzene rings is 2. The van der Waals surface area contributed by atoms with Gasteiger partial charge in [0.25, 0.3) is 0 Å². The summed E-state index contributed by atoms with van der Waals surface area (Å²) in [4.78, 5) is 13.1. The van der Waals surface area contributed by atoms with E-state index < -0.39 is 0 Å². The van der Waals surface area contributed by atoms with Gasteiger partial charge < -0.3 is 0 Å². The Balaban J connectivity index is 1.54. The van der Waals surface area contributed by atoms with Gasteiger partial charge in [0.2, 0.25) is 5.91 Å². The molecule has 3 nitrogen and oxygen atoms in total. The molecule has 2 aromatic rings. The van der Waals surface area contributed by atoms with Gasteiger partial charge >= 0.3 is 0 Å². The highest BCUT2D eigenvalue weighted by molar-refractivity contribution is 8.00. The molecule has 2 aromatic carbocycles. The van der Waals surface area contributed by atoms with Crippen molar-refractivity contribution < 1.29 is 4.79 Å². The summed E-state index contributed by atoms with van der Waals surface area (Å²) in [7, 11) is 0. The Bertz CT molecular complexity index is 623. The zero-order chi connectivity index (χ0) is 14.5. The lowest BCUT2D eigenvalue weighted by Crippen LogP contribution is -2.45. The molecule has 4 heteroatoms. The second-order valence-electron chi connectivity index (χ2n) is 5.38. The number of rotatable bonds is 4. The summed E-state index contributed by atoms with van der Waals surface area (Å²) in [5.74, 6) is 0.560. The van der Waals surface area contributed by atoms with Crippen LogP contribution in [0.2, 0.25) is 0 Å². The number of nitrogens with one attached hydrogen (secondary N) is 1. The lowest BCUT2D eigenvalue weighted by molar-refractivity contribution is -0.123. The van der Waals surface area contributed by atoms with Crippen molar-refractivity contribution in [1.29, 1.82) is 0 Å². The van der Waals surface area contributed by atoms with Gasteiger partial charge in [-0.3, -0.25) is 10.2 Å². The molecule has 0 saturated carbocycles. The van der Waals surface area contributed by atoms with Crippen LogP contribution < -0.4 is 5.43 Å². The molecular formula is C17H20N2OS. The maximum atomic E-state index is 12.0. The number of thioether (sulfide) groups is 1. The highest BCUT2D eigenvalue weighted by Gasteiger charge is 2.12. The molecular weight excluding hydrogens is 280 g/mol. The first kappa shape index (κ1) is 14.4. The number of piperidine rings is 1. The van der Waals surface area contributed by atoms with Crippen LogP contribution in [0.1, 0.15) is 19.3 Å². The summed E-state index contributed by atoms with van der Waals surface area (Å²) in [6, 6.07) is 14.6. The molecule has 1 aliphatic heterocycles. The van der Waals surface area contributed by atoms with Crippen LogP contribution in [0.3, 0.4) is 0 Å². The smallest absolute Gasteiger partial charge is 0.244 e. The van der Waals surface area contributed by atoms with Gasteiger partial charge in [-0.2, -0.15) is 0 Å². The van der Waals surface area contributed by atoms with Crippen LogP contribution in [0.4, 0.5) is 0 Å². The second kappa shape index (κ2) is 6.96. The zero-order valence-corrected chi connectivity index (χ0v) is 12.9. The molecule has 1 saturated heterocycles. The minimum absolute atomic E-state index is 0.0926. The predicted molar refractivity (Wildman–Crippen MR) is 88.2 cm³/mol. The summed E-state index contributed by atoms with van der Waals surface area (Å²) in [5.41, 5.74) is 3.00. The molecule has 1 amide bonds. The largest absolute Gasteiger partial charge is 0.288 e. The van der Waals surface area contributed by atoms with E-state index in [2.05, 4.69) is 35.8 Å². The fourth-order valence-electron chi connectivity index (χ4n) is 2.62. The van der Waals surface area contributed by atoms with Crippen LogP contribution in [0.15, 0.2) is 47.4 Å². The Morgan fingerprint density at radius 3 is 2.62 bits per heavy atom. The van der Waals surface area contributed by atoms with E-state index in [1.54, 1.807) is 11.8 Å². The molecule has 1 heterocycles. The molecule has 21 heavy (non-hydrogen) atoms. The highest BCUT2D eigenvalue weighted by Crippen LogP contribution is 2.23. The molecule has 0 bridgehead atoms. The molecule has 0 aromatic heterocycles. The number of hydrogen-bond acceptors (Lipinski definition) is 3. The monoisotopic (exact) mass is 300 g/mol.